The average molecular weight is 323 g/mol. The van der Waals surface area contributed by atoms with Crippen molar-refractivity contribution in [1.82, 2.24) is 4.72 Å². The van der Waals surface area contributed by atoms with Crippen molar-refractivity contribution in [3.05, 3.63) is 22.7 Å². The fourth-order valence-electron chi connectivity index (χ4n) is 1.21. The number of hydrogen-bond donors (Lipinski definition) is 3. The van der Waals surface area contributed by atoms with Crippen molar-refractivity contribution in [1.29, 1.82) is 0 Å². The standard InChI is InChI=1S/C10H15BrN2O3S/c1-2-7(6-14)13-17(15,16)8-3-4-10(12)9(11)5-8/h3-5,7,13-14H,2,6,12H2,1H3. The summed E-state index contributed by atoms with van der Waals surface area (Å²) in [4.78, 5) is 0.116. The highest BCUT2D eigenvalue weighted by Gasteiger charge is 2.19. The Bertz CT molecular complexity index is 486. The zero-order valence-electron chi connectivity index (χ0n) is 9.35. The van der Waals surface area contributed by atoms with Crippen LogP contribution in [0.15, 0.2) is 27.6 Å². The number of benzene rings is 1. The van der Waals surface area contributed by atoms with Crippen molar-refractivity contribution in [2.75, 3.05) is 12.3 Å². The van der Waals surface area contributed by atoms with Gasteiger partial charge in [0.15, 0.2) is 0 Å². The van der Waals surface area contributed by atoms with Crippen LogP contribution in [0.2, 0.25) is 0 Å². The van der Waals surface area contributed by atoms with Gasteiger partial charge in [-0.25, -0.2) is 13.1 Å². The van der Waals surface area contributed by atoms with Crippen LogP contribution < -0.4 is 10.5 Å². The van der Waals surface area contributed by atoms with E-state index in [1.54, 1.807) is 6.92 Å². The van der Waals surface area contributed by atoms with Crippen molar-refractivity contribution in [3.8, 4) is 0 Å². The van der Waals surface area contributed by atoms with E-state index in [0.717, 1.165) is 0 Å². The first-order valence-corrected chi connectivity index (χ1v) is 7.36. The number of nitrogens with two attached hydrogens (primary N) is 1. The van der Waals surface area contributed by atoms with Gasteiger partial charge in [-0.3, -0.25) is 0 Å². The molecular weight excluding hydrogens is 308 g/mol. The van der Waals surface area contributed by atoms with Crippen molar-refractivity contribution >= 4 is 31.6 Å². The molecule has 1 unspecified atom stereocenters. The molecule has 0 fully saturated rings. The third-order valence-electron chi connectivity index (χ3n) is 2.32. The first-order chi connectivity index (χ1) is 7.90. The zero-order valence-corrected chi connectivity index (χ0v) is 11.8. The van der Waals surface area contributed by atoms with Gasteiger partial charge in [0.25, 0.3) is 0 Å². The lowest BCUT2D eigenvalue weighted by molar-refractivity contribution is 0.254. The summed E-state index contributed by atoms with van der Waals surface area (Å²) in [5.74, 6) is 0. The third-order valence-corrected chi connectivity index (χ3v) is 4.52. The van der Waals surface area contributed by atoms with E-state index in [0.29, 0.717) is 16.6 Å². The molecule has 96 valence electrons. The molecule has 7 heteroatoms. The first-order valence-electron chi connectivity index (χ1n) is 5.09. The lowest BCUT2D eigenvalue weighted by Gasteiger charge is -2.14. The molecule has 0 saturated heterocycles. The number of sulfonamides is 1. The monoisotopic (exact) mass is 322 g/mol. The number of aliphatic hydroxyl groups is 1. The van der Waals surface area contributed by atoms with E-state index in [2.05, 4.69) is 20.7 Å². The summed E-state index contributed by atoms with van der Waals surface area (Å²) in [5.41, 5.74) is 6.05. The van der Waals surface area contributed by atoms with E-state index in [4.69, 9.17) is 10.8 Å². The van der Waals surface area contributed by atoms with Gasteiger partial charge in [-0.1, -0.05) is 6.92 Å². The SMILES string of the molecule is CCC(CO)NS(=O)(=O)c1ccc(N)c(Br)c1. The third kappa shape index (κ3) is 3.67. The minimum absolute atomic E-state index is 0.116. The van der Waals surface area contributed by atoms with E-state index in [1.807, 2.05) is 0 Å². The normalized spacial score (nSPS) is 13.6. The molecule has 4 N–H and O–H groups in total. The maximum atomic E-state index is 11.9. The van der Waals surface area contributed by atoms with Gasteiger partial charge >= 0.3 is 0 Å². The predicted octanol–water partition coefficient (Wildman–Crippen LogP) is 1.08. The molecule has 17 heavy (non-hydrogen) atoms. The molecule has 0 amide bonds. The number of halogens is 1. The number of nitrogens with one attached hydrogen (secondary N) is 1. The second kappa shape index (κ2) is 5.81. The van der Waals surface area contributed by atoms with E-state index in [-0.39, 0.29) is 11.5 Å². The smallest absolute Gasteiger partial charge is 0.240 e. The molecule has 0 spiro atoms. The topological polar surface area (TPSA) is 92.4 Å². The Hall–Kier alpha value is -0.630. The molecule has 0 radical (unpaired) electrons. The molecule has 0 saturated carbocycles. The molecule has 0 aliphatic rings. The highest BCUT2D eigenvalue weighted by Crippen LogP contribution is 2.23. The molecule has 1 atom stereocenters. The van der Waals surface area contributed by atoms with Crippen LogP contribution in [-0.2, 0) is 10.0 Å². The second-order valence-corrected chi connectivity index (χ2v) is 6.16. The molecular formula is C10H15BrN2O3S. The minimum atomic E-state index is -3.62. The minimum Gasteiger partial charge on any atom is -0.398 e. The molecule has 5 nitrogen and oxygen atoms in total. The highest BCUT2D eigenvalue weighted by molar-refractivity contribution is 9.10. The van der Waals surface area contributed by atoms with Crippen LogP contribution in [0, 0.1) is 0 Å². The Labute approximate surface area is 109 Å². The Morgan fingerprint density at radius 1 is 1.53 bits per heavy atom. The first kappa shape index (κ1) is 14.4. The Kier molecular flexibility index (Phi) is 4.93. The van der Waals surface area contributed by atoms with Gasteiger partial charge in [0.1, 0.15) is 0 Å². The summed E-state index contributed by atoms with van der Waals surface area (Å²) in [6.07, 6.45) is 0.520. The van der Waals surface area contributed by atoms with Crippen LogP contribution in [-0.4, -0.2) is 26.2 Å². The van der Waals surface area contributed by atoms with Crippen molar-refractivity contribution in [2.24, 2.45) is 0 Å². The summed E-state index contributed by atoms with van der Waals surface area (Å²) >= 11 is 3.17. The van der Waals surface area contributed by atoms with Crippen molar-refractivity contribution < 1.29 is 13.5 Å². The molecule has 1 aromatic rings. The molecule has 1 rings (SSSR count). The summed E-state index contributed by atoms with van der Waals surface area (Å²) in [6.45, 7) is 1.56. The summed E-state index contributed by atoms with van der Waals surface area (Å²) in [6, 6.07) is 3.89. The quantitative estimate of drug-likeness (QED) is 0.707. The molecule has 0 aliphatic heterocycles. The van der Waals surface area contributed by atoms with E-state index in [1.165, 1.54) is 18.2 Å². The predicted molar refractivity (Wildman–Crippen MR) is 70.0 cm³/mol. The van der Waals surface area contributed by atoms with Gasteiger partial charge in [0, 0.05) is 16.2 Å². The fraction of sp³-hybridized carbons (Fsp3) is 0.400. The molecule has 1 aromatic carbocycles. The van der Waals surface area contributed by atoms with Crippen LogP contribution in [0.1, 0.15) is 13.3 Å². The van der Waals surface area contributed by atoms with Crippen LogP contribution in [0.4, 0.5) is 5.69 Å². The van der Waals surface area contributed by atoms with Gasteiger partial charge in [-0.15, -0.1) is 0 Å². The zero-order chi connectivity index (χ0) is 13.1. The van der Waals surface area contributed by atoms with Crippen molar-refractivity contribution in [3.63, 3.8) is 0 Å². The Morgan fingerprint density at radius 3 is 2.65 bits per heavy atom. The summed E-state index contributed by atoms with van der Waals surface area (Å²) in [5, 5.41) is 8.98. The van der Waals surface area contributed by atoms with Crippen LogP contribution in [0.5, 0.6) is 0 Å². The van der Waals surface area contributed by atoms with Gasteiger partial charge in [0.2, 0.25) is 10.0 Å². The fourth-order valence-corrected chi connectivity index (χ4v) is 3.08. The van der Waals surface area contributed by atoms with Crippen LogP contribution >= 0.6 is 15.9 Å². The van der Waals surface area contributed by atoms with E-state index < -0.39 is 16.1 Å². The number of nitrogen functional groups attached to an aromatic ring is 1. The van der Waals surface area contributed by atoms with Crippen molar-refractivity contribution in [2.45, 2.75) is 24.3 Å². The maximum Gasteiger partial charge on any atom is 0.240 e. The van der Waals surface area contributed by atoms with E-state index >= 15 is 0 Å². The molecule has 0 bridgehead atoms. The number of anilines is 1. The largest absolute Gasteiger partial charge is 0.398 e. The Balaban J connectivity index is 3.01. The maximum absolute atomic E-state index is 11.9. The number of aliphatic hydroxyl groups excluding tert-OH is 1. The summed E-state index contributed by atoms with van der Waals surface area (Å²) < 4.78 is 26.8. The lowest BCUT2D eigenvalue weighted by Crippen LogP contribution is -2.36. The average Bonchev–Trinajstić information content (AvgIpc) is 2.29. The van der Waals surface area contributed by atoms with E-state index in [9.17, 15) is 8.42 Å². The van der Waals surface area contributed by atoms with Gasteiger partial charge in [-0.2, -0.15) is 0 Å². The lowest BCUT2D eigenvalue weighted by atomic mass is 10.3. The molecule has 0 aliphatic carbocycles. The van der Waals surface area contributed by atoms with Crippen LogP contribution in [0.3, 0.4) is 0 Å². The molecule has 0 aromatic heterocycles. The van der Waals surface area contributed by atoms with Gasteiger partial charge < -0.3 is 10.8 Å². The van der Waals surface area contributed by atoms with Gasteiger partial charge in [-0.05, 0) is 40.5 Å². The number of hydrogen-bond acceptors (Lipinski definition) is 4. The molecule has 0 heterocycles. The van der Waals surface area contributed by atoms with Crippen LogP contribution in [0.25, 0.3) is 0 Å². The highest BCUT2D eigenvalue weighted by atomic mass is 79.9. The number of rotatable bonds is 5. The summed E-state index contributed by atoms with van der Waals surface area (Å²) in [7, 11) is -3.62. The Morgan fingerprint density at radius 2 is 2.18 bits per heavy atom. The second-order valence-electron chi connectivity index (χ2n) is 3.59. The van der Waals surface area contributed by atoms with Gasteiger partial charge in [0.05, 0.1) is 11.5 Å².